The third-order valence-electron chi connectivity index (χ3n) is 4.19. The van der Waals surface area contributed by atoms with Crippen molar-refractivity contribution in [1.82, 2.24) is 4.90 Å². The van der Waals surface area contributed by atoms with Crippen LogP contribution in [0.15, 0.2) is 60.7 Å². The predicted octanol–water partition coefficient (Wildman–Crippen LogP) is 3.90. The van der Waals surface area contributed by atoms with Crippen LogP contribution in [0.25, 0.3) is 0 Å². The molecule has 1 aliphatic rings. The lowest BCUT2D eigenvalue weighted by Gasteiger charge is -2.22. The molecule has 26 heavy (non-hydrogen) atoms. The summed E-state index contributed by atoms with van der Waals surface area (Å²) >= 11 is 3.49. The van der Waals surface area contributed by atoms with Crippen LogP contribution < -0.4 is 0 Å². The second-order valence-corrected chi connectivity index (χ2v) is 7.43. The third-order valence-corrected chi connectivity index (χ3v) is 4.85. The van der Waals surface area contributed by atoms with Crippen molar-refractivity contribution in [3.63, 3.8) is 0 Å². The van der Waals surface area contributed by atoms with Crippen molar-refractivity contribution in [3.05, 3.63) is 71.8 Å². The Kier molecular flexibility index (Phi) is 6.28. The van der Waals surface area contributed by atoms with Crippen LogP contribution in [0.2, 0.25) is 0 Å². The first kappa shape index (κ1) is 18.5. The summed E-state index contributed by atoms with van der Waals surface area (Å²) in [5.41, 5.74) is 1.81. The molecule has 2 aromatic carbocycles. The molecule has 0 bridgehead atoms. The summed E-state index contributed by atoms with van der Waals surface area (Å²) in [6.45, 7) is 0.781. The fraction of sp³-hybridized carbons (Fsp3) is 0.300. The number of hydrogen-bond donors (Lipinski definition) is 0. The monoisotopic (exact) mass is 417 g/mol. The fourth-order valence-electron chi connectivity index (χ4n) is 2.84. The Morgan fingerprint density at radius 1 is 0.923 bits per heavy atom. The molecule has 1 fully saturated rings. The van der Waals surface area contributed by atoms with Gasteiger partial charge in [-0.2, -0.15) is 0 Å². The van der Waals surface area contributed by atoms with E-state index in [0.29, 0.717) is 13.0 Å². The van der Waals surface area contributed by atoms with Crippen LogP contribution in [0.1, 0.15) is 17.5 Å². The van der Waals surface area contributed by atoms with Gasteiger partial charge in [-0.3, -0.25) is 4.90 Å². The lowest BCUT2D eigenvalue weighted by atomic mass is 10.2. The second kappa shape index (κ2) is 8.85. The lowest BCUT2D eigenvalue weighted by molar-refractivity contribution is -0.149. The van der Waals surface area contributed by atoms with E-state index in [-0.39, 0.29) is 18.0 Å². The Labute approximate surface area is 161 Å². The zero-order valence-corrected chi connectivity index (χ0v) is 15.8. The molecule has 0 unspecified atom stereocenters. The molecule has 1 amide bonds. The van der Waals surface area contributed by atoms with E-state index in [9.17, 15) is 9.59 Å². The summed E-state index contributed by atoms with van der Waals surface area (Å²) < 4.78 is 10.8. The van der Waals surface area contributed by atoms with Gasteiger partial charge >= 0.3 is 12.1 Å². The highest BCUT2D eigenvalue weighted by Gasteiger charge is 2.40. The molecule has 2 aromatic rings. The lowest BCUT2D eigenvalue weighted by Crippen LogP contribution is -2.41. The van der Waals surface area contributed by atoms with E-state index < -0.39 is 18.1 Å². The van der Waals surface area contributed by atoms with Gasteiger partial charge in [-0.25, -0.2) is 9.59 Å². The quantitative estimate of drug-likeness (QED) is 0.546. The number of rotatable bonds is 5. The zero-order chi connectivity index (χ0) is 18.4. The molecule has 1 saturated heterocycles. The number of ether oxygens (including phenoxy) is 2. The smallest absolute Gasteiger partial charge is 0.410 e. The van der Waals surface area contributed by atoms with Gasteiger partial charge in [-0.15, -0.1) is 0 Å². The van der Waals surface area contributed by atoms with E-state index in [1.807, 2.05) is 60.7 Å². The number of amides is 1. The van der Waals surface area contributed by atoms with Crippen molar-refractivity contribution in [2.45, 2.75) is 30.5 Å². The normalized spacial score (nSPS) is 19.2. The minimum absolute atomic E-state index is 0.0426. The molecule has 0 N–H and O–H groups in total. The van der Waals surface area contributed by atoms with Gasteiger partial charge < -0.3 is 9.47 Å². The summed E-state index contributed by atoms with van der Waals surface area (Å²) in [4.78, 5) is 26.4. The molecule has 2 atom stereocenters. The third kappa shape index (κ3) is 4.85. The Morgan fingerprint density at radius 3 is 2.04 bits per heavy atom. The second-order valence-electron chi connectivity index (χ2n) is 6.13. The van der Waals surface area contributed by atoms with Gasteiger partial charge in [0.05, 0.1) is 0 Å². The first-order valence-electron chi connectivity index (χ1n) is 8.45. The number of nitrogens with zero attached hydrogens (tertiary/aromatic N) is 1. The molecule has 0 spiro atoms. The Morgan fingerprint density at radius 2 is 1.46 bits per heavy atom. The maximum absolute atomic E-state index is 12.5. The Hall–Kier alpha value is -2.34. The maximum atomic E-state index is 12.5. The first-order chi connectivity index (χ1) is 12.6. The van der Waals surface area contributed by atoms with Gasteiger partial charge in [0.15, 0.2) is 0 Å². The van der Waals surface area contributed by atoms with Crippen molar-refractivity contribution >= 4 is 28.0 Å². The highest BCUT2D eigenvalue weighted by Crippen LogP contribution is 2.26. The first-order valence-corrected chi connectivity index (χ1v) is 9.37. The zero-order valence-electron chi connectivity index (χ0n) is 14.2. The van der Waals surface area contributed by atoms with Crippen molar-refractivity contribution in [1.29, 1.82) is 0 Å². The van der Waals surface area contributed by atoms with E-state index in [0.717, 1.165) is 11.1 Å². The molecule has 0 aliphatic carbocycles. The number of halogens is 1. The largest absolute Gasteiger partial charge is 0.459 e. The summed E-state index contributed by atoms with van der Waals surface area (Å²) in [7, 11) is 0. The predicted molar refractivity (Wildman–Crippen MR) is 101 cm³/mol. The molecule has 3 rings (SSSR count). The van der Waals surface area contributed by atoms with Crippen LogP contribution in [0, 0.1) is 0 Å². The van der Waals surface area contributed by atoms with Gasteiger partial charge in [0.1, 0.15) is 19.3 Å². The average Bonchev–Trinajstić information content (AvgIpc) is 3.08. The molecule has 6 heteroatoms. The average molecular weight is 418 g/mol. The molecule has 5 nitrogen and oxygen atoms in total. The number of benzene rings is 2. The summed E-state index contributed by atoms with van der Waals surface area (Å²) in [6.07, 6.45) is 0.00565. The van der Waals surface area contributed by atoms with Crippen LogP contribution in [0.4, 0.5) is 4.79 Å². The highest BCUT2D eigenvalue weighted by atomic mass is 79.9. The molecular formula is C20H20BrNO4. The SMILES string of the molecule is O=C(OCc1ccccc1)[C@@H]1C[C@H](Br)CN1C(=O)OCc1ccccc1. The maximum Gasteiger partial charge on any atom is 0.410 e. The number of hydrogen-bond acceptors (Lipinski definition) is 4. The molecular weight excluding hydrogens is 398 g/mol. The van der Waals surface area contributed by atoms with E-state index in [1.165, 1.54) is 4.90 Å². The number of carbonyl (C=O) groups is 2. The van der Waals surface area contributed by atoms with E-state index >= 15 is 0 Å². The number of carbonyl (C=O) groups excluding carboxylic acids is 2. The van der Waals surface area contributed by atoms with Crippen LogP contribution in [-0.4, -0.2) is 34.4 Å². The molecule has 0 saturated carbocycles. The van der Waals surface area contributed by atoms with E-state index in [4.69, 9.17) is 9.47 Å². The minimum Gasteiger partial charge on any atom is -0.459 e. The van der Waals surface area contributed by atoms with E-state index in [2.05, 4.69) is 15.9 Å². The minimum atomic E-state index is -0.633. The summed E-state index contributed by atoms with van der Waals surface area (Å²) in [6, 6.07) is 18.3. The van der Waals surface area contributed by atoms with E-state index in [1.54, 1.807) is 0 Å². The van der Waals surface area contributed by atoms with Gasteiger partial charge in [0.25, 0.3) is 0 Å². The van der Waals surface area contributed by atoms with Gasteiger partial charge in [-0.1, -0.05) is 76.6 Å². The van der Waals surface area contributed by atoms with Gasteiger partial charge in [-0.05, 0) is 17.5 Å². The number of alkyl halides is 1. The Balaban J connectivity index is 1.56. The van der Waals surface area contributed by atoms with Gasteiger partial charge in [0.2, 0.25) is 0 Å². The van der Waals surface area contributed by atoms with Crippen LogP contribution >= 0.6 is 15.9 Å². The molecule has 1 heterocycles. The van der Waals surface area contributed by atoms with Crippen molar-refractivity contribution in [2.24, 2.45) is 0 Å². The molecule has 136 valence electrons. The highest BCUT2D eigenvalue weighted by molar-refractivity contribution is 9.09. The van der Waals surface area contributed by atoms with Crippen LogP contribution in [0.5, 0.6) is 0 Å². The summed E-state index contributed by atoms with van der Waals surface area (Å²) in [5, 5.41) is 0. The van der Waals surface area contributed by atoms with Crippen LogP contribution in [-0.2, 0) is 27.5 Å². The van der Waals surface area contributed by atoms with Crippen LogP contribution in [0.3, 0.4) is 0 Å². The van der Waals surface area contributed by atoms with Crippen molar-refractivity contribution in [3.8, 4) is 0 Å². The van der Waals surface area contributed by atoms with Crippen molar-refractivity contribution in [2.75, 3.05) is 6.54 Å². The topological polar surface area (TPSA) is 55.8 Å². The van der Waals surface area contributed by atoms with Crippen molar-refractivity contribution < 1.29 is 19.1 Å². The summed E-state index contributed by atoms with van der Waals surface area (Å²) in [5.74, 6) is -0.410. The molecule has 1 aliphatic heterocycles. The number of likely N-dealkylation sites (tertiary alicyclic amines) is 1. The Bertz CT molecular complexity index is 674. The van der Waals surface area contributed by atoms with Gasteiger partial charge in [0, 0.05) is 11.4 Å². The molecule has 0 aromatic heterocycles. The number of esters is 1. The fourth-order valence-corrected chi connectivity index (χ4v) is 3.50. The standard InChI is InChI=1S/C20H20BrNO4/c21-17-11-18(19(23)25-13-15-7-3-1-4-8-15)22(12-17)20(24)26-14-16-9-5-2-6-10-16/h1-10,17-18H,11-14H2/t17-,18-/m0/s1. The molecule has 0 radical (unpaired) electrons.